The van der Waals surface area contributed by atoms with Gasteiger partial charge in [0.1, 0.15) is 18.5 Å². The Labute approximate surface area is 121 Å². The van der Waals surface area contributed by atoms with Crippen molar-refractivity contribution in [3.05, 3.63) is 29.8 Å². The number of nitrogens with one attached hydrogen (secondary N) is 1. The van der Waals surface area contributed by atoms with Gasteiger partial charge in [-0.25, -0.2) is 0 Å². The van der Waals surface area contributed by atoms with Gasteiger partial charge < -0.3 is 15.2 Å². The van der Waals surface area contributed by atoms with Crippen LogP contribution in [0, 0.1) is 0 Å². The standard InChI is InChI=1S/C14H19F3N2O2/c15-14(16,17)12-3-1-2-4-13(12)21-10-11(20)9-19-7-5-18-6-8-19/h1-4,11,18,20H,5-10H2. The van der Waals surface area contributed by atoms with Gasteiger partial charge in [-0.1, -0.05) is 12.1 Å². The summed E-state index contributed by atoms with van der Waals surface area (Å²) in [6.45, 7) is 3.58. The lowest BCUT2D eigenvalue weighted by Crippen LogP contribution is -2.47. The summed E-state index contributed by atoms with van der Waals surface area (Å²) in [4.78, 5) is 2.06. The maximum absolute atomic E-state index is 12.8. The molecule has 0 radical (unpaired) electrons. The normalized spacial score (nSPS) is 18.5. The average Bonchev–Trinajstić information content (AvgIpc) is 2.45. The summed E-state index contributed by atoms with van der Waals surface area (Å²) in [5.74, 6) is -0.246. The second kappa shape index (κ2) is 7.11. The Morgan fingerprint density at radius 1 is 1.24 bits per heavy atom. The third-order valence-corrected chi connectivity index (χ3v) is 3.30. The molecule has 7 heteroatoms. The molecule has 1 fully saturated rings. The van der Waals surface area contributed by atoms with Crippen molar-refractivity contribution in [1.29, 1.82) is 0 Å². The van der Waals surface area contributed by atoms with E-state index >= 15 is 0 Å². The van der Waals surface area contributed by atoms with Crippen molar-refractivity contribution >= 4 is 0 Å². The first-order valence-electron chi connectivity index (χ1n) is 6.87. The Balaban J connectivity index is 1.87. The zero-order valence-corrected chi connectivity index (χ0v) is 11.6. The number of benzene rings is 1. The van der Waals surface area contributed by atoms with E-state index in [-0.39, 0.29) is 12.4 Å². The highest BCUT2D eigenvalue weighted by molar-refractivity contribution is 5.35. The van der Waals surface area contributed by atoms with Gasteiger partial charge in [-0.2, -0.15) is 13.2 Å². The van der Waals surface area contributed by atoms with E-state index in [0.717, 1.165) is 32.2 Å². The summed E-state index contributed by atoms with van der Waals surface area (Å²) in [5, 5.41) is 13.1. The maximum Gasteiger partial charge on any atom is 0.419 e. The molecule has 0 bridgehead atoms. The fourth-order valence-corrected chi connectivity index (χ4v) is 2.26. The molecule has 1 aromatic rings. The summed E-state index contributed by atoms with van der Waals surface area (Å²) in [6.07, 6.45) is -5.27. The minimum Gasteiger partial charge on any atom is -0.490 e. The lowest BCUT2D eigenvalue weighted by Gasteiger charge is -2.29. The van der Waals surface area contributed by atoms with Crippen molar-refractivity contribution in [2.24, 2.45) is 0 Å². The molecular formula is C14H19F3N2O2. The van der Waals surface area contributed by atoms with E-state index in [9.17, 15) is 18.3 Å². The number of β-amino-alcohol motifs (C(OH)–C–C–N with tert-alkyl or cyclic N) is 1. The number of hydrogen-bond donors (Lipinski definition) is 2. The molecule has 21 heavy (non-hydrogen) atoms. The predicted molar refractivity (Wildman–Crippen MR) is 72.3 cm³/mol. The molecule has 1 heterocycles. The van der Waals surface area contributed by atoms with Crippen LogP contribution in [0.1, 0.15) is 5.56 Å². The number of alkyl halides is 3. The molecule has 4 nitrogen and oxygen atoms in total. The van der Waals surface area contributed by atoms with Gasteiger partial charge in [0.05, 0.1) is 5.56 Å². The van der Waals surface area contributed by atoms with Crippen LogP contribution in [0.5, 0.6) is 5.75 Å². The topological polar surface area (TPSA) is 44.7 Å². The van der Waals surface area contributed by atoms with Gasteiger partial charge in [0, 0.05) is 32.7 Å². The van der Waals surface area contributed by atoms with E-state index in [2.05, 4.69) is 10.2 Å². The predicted octanol–water partition coefficient (Wildman–Crippen LogP) is 1.35. The Kier molecular flexibility index (Phi) is 5.44. The van der Waals surface area contributed by atoms with Crippen LogP contribution in [0.25, 0.3) is 0 Å². The molecule has 118 valence electrons. The lowest BCUT2D eigenvalue weighted by atomic mass is 10.2. The number of rotatable bonds is 5. The fraction of sp³-hybridized carbons (Fsp3) is 0.571. The first kappa shape index (κ1) is 16.1. The largest absolute Gasteiger partial charge is 0.490 e. The average molecular weight is 304 g/mol. The second-order valence-corrected chi connectivity index (χ2v) is 5.01. The summed E-state index contributed by atoms with van der Waals surface area (Å²) < 4.78 is 43.5. The summed E-state index contributed by atoms with van der Waals surface area (Å²) >= 11 is 0. The van der Waals surface area contributed by atoms with Gasteiger partial charge in [-0.3, -0.25) is 4.90 Å². The van der Waals surface area contributed by atoms with Gasteiger partial charge in [-0.15, -0.1) is 0 Å². The van der Waals surface area contributed by atoms with E-state index in [1.807, 2.05) is 0 Å². The minimum absolute atomic E-state index is 0.156. The summed E-state index contributed by atoms with van der Waals surface area (Å²) in [7, 11) is 0. The van der Waals surface area contributed by atoms with Crippen LogP contribution < -0.4 is 10.1 Å². The lowest BCUT2D eigenvalue weighted by molar-refractivity contribution is -0.139. The Morgan fingerprint density at radius 3 is 2.57 bits per heavy atom. The number of piperazine rings is 1. The van der Waals surface area contributed by atoms with Crippen molar-refractivity contribution in [1.82, 2.24) is 10.2 Å². The van der Waals surface area contributed by atoms with E-state index in [1.165, 1.54) is 18.2 Å². The molecule has 0 saturated carbocycles. The van der Waals surface area contributed by atoms with Crippen molar-refractivity contribution in [3.63, 3.8) is 0 Å². The van der Waals surface area contributed by atoms with Gasteiger partial charge >= 0.3 is 6.18 Å². The number of nitrogens with zero attached hydrogens (tertiary/aromatic N) is 1. The molecule has 1 saturated heterocycles. The highest BCUT2D eigenvalue weighted by Crippen LogP contribution is 2.35. The highest BCUT2D eigenvalue weighted by Gasteiger charge is 2.34. The smallest absolute Gasteiger partial charge is 0.419 e. The maximum atomic E-state index is 12.8. The first-order chi connectivity index (χ1) is 9.97. The van der Waals surface area contributed by atoms with E-state index in [1.54, 1.807) is 0 Å². The molecule has 0 spiro atoms. The zero-order valence-electron chi connectivity index (χ0n) is 11.6. The zero-order chi connectivity index (χ0) is 15.3. The Hall–Kier alpha value is -1.31. The van der Waals surface area contributed by atoms with Gasteiger partial charge in [0.25, 0.3) is 0 Å². The molecular weight excluding hydrogens is 285 g/mol. The molecule has 2 rings (SSSR count). The fourth-order valence-electron chi connectivity index (χ4n) is 2.26. The molecule has 1 aliphatic rings. The number of aliphatic hydroxyl groups is 1. The van der Waals surface area contributed by atoms with Crippen LogP contribution in [0.3, 0.4) is 0 Å². The molecule has 0 aromatic heterocycles. The molecule has 1 aliphatic heterocycles. The van der Waals surface area contributed by atoms with Gasteiger partial charge in [0.15, 0.2) is 0 Å². The van der Waals surface area contributed by atoms with Crippen molar-refractivity contribution in [3.8, 4) is 5.75 Å². The third-order valence-electron chi connectivity index (χ3n) is 3.30. The van der Waals surface area contributed by atoms with Crippen molar-refractivity contribution in [2.45, 2.75) is 12.3 Å². The number of ether oxygens (including phenoxy) is 1. The van der Waals surface area contributed by atoms with Gasteiger partial charge in [0.2, 0.25) is 0 Å². The number of para-hydroxylation sites is 1. The van der Waals surface area contributed by atoms with Crippen molar-refractivity contribution < 1.29 is 23.0 Å². The monoisotopic (exact) mass is 304 g/mol. The van der Waals surface area contributed by atoms with Crippen LogP contribution in [-0.2, 0) is 6.18 Å². The molecule has 0 aliphatic carbocycles. The summed E-state index contributed by atoms with van der Waals surface area (Å²) in [5.41, 5.74) is -0.820. The summed E-state index contributed by atoms with van der Waals surface area (Å²) in [6, 6.07) is 5.03. The number of hydrogen-bond acceptors (Lipinski definition) is 4. The molecule has 0 amide bonds. The second-order valence-electron chi connectivity index (χ2n) is 5.01. The van der Waals surface area contributed by atoms with E-state index < -0.39 is 17.8 Å². The van der Waals surface area contributed by atoms with Crippen molar-refractivity contribution in [2.75, 3.05) is 39.3 Å². The minimum atomic E-state index is -4.46. The Bertz CT molecular complexity index is 448. The van der Waals surface area contributed by atoms with E-state index in [0.29, 0.717) is 6.54 Å². The van der Waals surface area contributed by atoms with Crippen LogP contribution in [0.15, 0.2) is 24.3 Å². The number of halogens is 3. The van der Waals surface area contributed by atoms with Gasteiger partial charge in [-0.05, 0) is 12.1 Å². The van der Waals surface area contributed by atoms with Crippen LogP contribution >= 0.6 is 0 Å². The first-order valence-corrected chi connectivity index (χ1v) is 6.87. The van der Waals surface area contributed by atoms with Crippen LogP contribution in [0.4, 0.5) is 13.2 Å². The third kappa shape index (κ3) is 4.87. The van der Waals surface area contributed by atoms with Crippen LogP contribution in [-0.4, -0.2) is 55.4 Å². The molecule has 1 aromatic carbocycles. The molecule has 1 atom stereocenters. The van der Waals surface area contributed by atoms with Crippen LogP contribution in [0.2, 0.25) is 0 Å². The molecule has 1 unspecified atom stereocenters. The number of aliphatic hydroxyl groups excluding tert-OH is 1. The highest BCUT2D eigenvalue weighted by atomic mass is 19.4. The van der Waals surface area contributed by atoms with E-state index in [4.69, 9.17) is 4.74 Å². The quantitative estimate of drug-likeness (QED) is 0.862. The molecule has 2 N–H and O–H groups in total. The SMILES string of the molecule is OC(COc1ccccc1C(F)(F)F)CN1CCNCC1. The Morgan fingerprint density at radius 2 is 1.90 bits per heavy atom.